The number of nitrogens with one attached hydrogen (secondary N) is 1. The van der Waals surface area contributed by atoms with Crippen LogP contribution in [0.15, 0.2) is 41.5 Å². The molecule has 0 aliphatic rings. The number of nitrogens with zero attached hydrogens (tertiary/aromatic N) is 2. The zero-order valence-electron chi connectivity index (χ0n) is 17.4. The summed E-state index contributed by atoms with van der Waals surface area (Å²) >= 11 is 0. The standard InChI is InChI=1S/C22H22F3N3O3/c1-11-7-12(2)9-16(8-11)28-18-10-15(22(23,24)25)5-6-17(18)19(21(28)31)13(3)26-27-20(30)14(4)29/h5-10,14,29,31H,1-4H3,(H,27,30)/b26-13+. The average molecular weight is 433 g/mol. The van der Waals surface area contributed by atoms with Crippen molar-refractivity contribution >= 4 is 22.5 Å². The third kappa shape index (κ3) is 4.41. The van der Waals surface area contributed by atoms with Crippen molar-refractivity contribution in [1.82, 2.24) is 9.99 Å². The van der Waals surface area contributed by atoms with Gasteiger partial charge in [0, 0.05) is 11.1 Å². The summed E-state index contributed by atoms with van der Waals surface area (Å²) in [6, 6.07) is 8.57. The molecule has 0 aliphatic carbocycles. The predicted molar refractivity (Wildman–Crippen MR) is 111 cm³/mol. The van der Waals surface area contributed by atoms with Crippen molar-refractivity contribution in [2.75, 3.05) is 0 Å². The minimum absolute atomic E-state index is 0.142. The number of carbonyl (C=O) groups excluding carboxylic acids is 1. The van der Waals surface area contributed by atoms with E-state index in [1.54, 1.807) is 12.1 Å². The second-order valence-corrected chi connectivity index (χ2v) is 7.46. The topological polar surface area (TPSA) is 86.8 Å². The van der Waals surface area contributed by atoms with E-state index in [1.165, 1.54) is 24.5 Å². The van der Waals surface area contributed by atoms with Crippen LogP contribution < -0.4 is 5.43 Å². The minimum Gasteiger partial charge on any atom is -0.494 e. The molecule has 0 saturated carbocycles. The van der Waals surface area contributed by atoms with Crippen LogP contribution >= 0.6 is 0 Å². The monoisotopic (exact) mass is 433 g/mol. The van der Waals surface area contributed by atoms with Gasteiger partial charge in [0.1, 0.15) is 6.10 Å². The van der Waals surface area contributed by atoms with Crippen molar-refractivity contribution in [2.24, 2.45) is 5.10 Å². The lowest BCUT2D eigenvalue weighted by Gasteiger charge is -2.11. The second kappa shape index (κ2) is 8.07. The van der Waals surface area contributed by atoms with Gasteiger partial charge in [0.2, 0.25) is 5.88 Å². The molecule has 2 aromatic carbocycles. The number of aliphatic hydroxyl groups is 1. The molecule has 0 bridgehead atoms. The van der Waals surface area contributed by atoms with Crippen LogP contribution in [0, 0.1) is 13.8 Å². The summed E-state index contributed by atoms with van der Waals surface area (Å²) in [6.07, 6.45) is -5.85. The molecule has 1 unspecified atom stereocenters. The maximum atomic E-state index is 13.4. The van der Waals surface area contributed by atoms with Gasteiger partial charge in [-0.3, -0.25) is 9.36 Å². The molecule has 0 aliphatic heterocycles. The van der Waals surface area contributed by atoms with Crippen LogP contribution in [0.2, 0.25) is 0 Å². The molecule has 0 radical (unpaired) electrons. The fourth-order valence-corrected chi connectivity index (χ4v) is 3.44. The first-order valence-electron chi connectivity index (χ1n) is 9.46. The quantitative estimate of drug-likeness (QED) is 0.426. The highest BCUT2D eigenvalue weighted by molar-refractivity contribution is 6.13. The van der Waals surface area contributed by atoms with E-state index in [0.29, 0.717) is 11.1 Å². The van der Waals surface area contributed by atoms with Crippen molar-refractivity contribution < 1.29 is 28.2 Å². The minimum atomic E-state index is -4.56. The molecule has 1 atom stereocenters. The Balaban J connectivity index is 2.30. The first kappa shape index (κ1) is 22.4. The molecule has 3 rings (SSSR count). The number of aromatic hydroxyl groups is 1. The fraction of sp³-hybridized carbons (Fsp3) is 0.273. The predicted octanol–water partition coefficient (Wildman–Crippen LogP) is 4.19. The number of hydrogen-bond acceptors (Lipinski definition) is 4. The van der Waals surface area contributed by atoms with E-state index in [2.05, 4.69) is 10.5 Å². The number of halogens is 3. The fourth-order valence-electron chi connectivity index (χ4n) is 3.44. The Morgan fingerprint density at radius 1 is 1.13 bits per heavy atom. The molecule has 1 heterocycles. The zero-order valence-corrected chi connectivity index (χ0v) is 17.4. The largest absolute Gasteiger partial charge is 0.494 e. The number of aromatic nitrogens is 1. The zero-order chi connectivity index (χ0) is 23.1. The van der Waals surface area contributed by atoms with Gasteiger partial charge in [-0.05, 0) is 63.1 Å². The highest BCUT2D eigenvalue weighted by atomic mass is 19.4. The number of aliphatic hydroxyl groups excluding tert-OH is 1. The summed E-state index contributed by atoms with van der Waals surface area (Å²) in [6.45, 7) is 6.46. The lowest BCUT2D eigenvalue weighted by atomic mass is 10.1. The summed E-state index contributed by atoms with van der Waals surface area (Å²) < 4.78 is 41.4. The summed E-state index contributed by atoms with van der Waals surface area (Å²) in [5, 5.41) is 24.6. The molecule has 0 fully saturated rings. The van der Waals surface area contributed by atoms with Gasteiger partial charge in [-0.15, -0.1) is 0 Å². The van der Waals surface area contributed by atoms with Gasteiger partial charge < -0.3 is 10.2 Å². The lowest BCUT2D eigenvalue weighted by molar-refractivity contribution is -0.137. The number of rotatable bonds is 4. The molecule has 6 nitrogen and oxygen atoms in total. The molecule has 1 amide bonds. The maximum absolute atomic E-state index is 13.4. The van der Waals surface area contributed by atoms with Crippen LogP contribution in [0.1, 0.15) is 36.1 Å². The molecule has 164 valence electrons. The second-order valence-electron chi connectivity index (χ2n) is 7.46. The van der Waals surface area contributed by atoms with E-state index in [0.717, 1.165) is 23.3 Å². The Bertz CT molecular complexity index is 1170. The van der Waals surface area contributed by atoms with Gasteiger partial charge in [0.25, 0.3) is 5.91 Å². The number of alkyl halides is 3. The third-order valence-electron chi connectivity index (χ3n) is 4.81. The van der Waals surface area contributed by atoms with Gasteiger partial charge in [-0.2, -0.15) is 18.3 Å². The summed E-state index contributed by atoms with van der Waals surface area (Å²) in [4.78, 5) is 11.6. The SMILES string of the molecule is C/C(=N\NC(=O)C(C)O)c1c(O)n(-c2cc(C)cc(C)c2)c2cc(C(F)(F)F)ccc12. The van der Waals surface area contributed by atoms with E-state index in [1.807, 2.05) is 19.9 Å². The van der Waals surface area contributed by atoms with Gasteiger partial charge in [-0.1, -0.05) is 12.1 Å². The highest BCUT2D eigenvalue weighted by Crippen LogP contribution is 2.39. The first-order valence-corrected chi connectivity index (χ1v) is 9.46. The number of hydrazone groups is 1. The van der Waals surface area contributed by atoms with E-state index in [4.69, 9.17) is 0 Å². The van der Waals surface area contributed by atoms with E-state index >= 15 is 0 Å². The summed E-state index contributed by atoms with van der Waals surface area (Å²) in [5.74, 6) is -1.07. The molecular formula is C22H22F3N3O3. The number of aryl methyl sites for hydroxylation is 2. The van der Waals surface area contributed by atoms with Crippen molar-refractivity contribution in [1.29, 1.82) is 0 Å². The maximum Gasteiger partial charge on any atom is 0.416 e. The molecule has 9 heteroatoms. The van der Waals surface area contributed by atoms with Crippen LogP contribution in [-0.4, -0.2) is 32.5 Å². The number of fused-ring (bicyclic) bond motifs is 1. The van der Waals surface area contributed by atoms with Gasteiger partial charge >= 0.3 is 6.18 Å². The summed E-state index contributed by atoms with van der Waals surface area (Å²) in [5.41, 5.74) is 4.04. The molecule has 31 heavy (non-hydrogen) atoms. The van der Waals surface area contributed by atoms with Gasteiger partial charge in [-0.25, -0.2) is 5.43 Å². The smallest absolute Gasteiger partial charge is 0.416 e. The normalized spacial score (nSPS) is 13.5. The van der Waals surface area contributed by atoms with E-state index in [9.17, 15) is 28.2 Å². The Morgan fingerprint density at radius 2 is 1.74 bits per heavy atom. The molecule has 0 saturated heterocycles. The third-order valence-corrected chi connectivity index (χ3v) is 4.81. The highest BCUT2D eigenvalue weighted by Gasteiger charge is 2.32. The number of carbonyl (C=O) groups is 1. The van der Waals surface area contributed by atoms with Crippen LogP contribution in [0.5, 0.6) is 5.88 Å². The molecular weight excluding hydrogens is 411 g/mol. The van der Waals surface area contributed by atoms with Crippen molar-refractivity contribution in [3.63, 3.8) is 0 Å². The Kier molecular flexibility index (Phi) is 5.82. The van der Waals surface area contributed by atoms with Crippen molar-refractivity contribution in [2.45, 2.75) is 40.0 Å². The van der Waals surface area contributed by atoms with E-state index < -0.39 is 23.8 Å². The van der Waals surface area contributed by atoms with Crippen molar-refractivity contribution in [3.05, 3.63) is 58.7 Å². The Labute approximate surface area is 176 Å². The molecule has 3 N–H and O–H groups in total. The molecule has 3 aromatic rings. The van der Waals surface area contributed by atoms with Crippen LogP contribution in [-0.2, 0) is 11.0 Å². The average Bonchev–Trinajstić information content (AvgIpc) is 2.95. The van der Waals surface area contributed by atoms with E-state index in [-0.39, 0.29) is 22.7 Å². The first-order chi connectivity index (χ1) is 14.4. The van der Waals surface area contributed by atoms with Crippen LogP contribution in [0.25, 0.3) is 16.6 Å². The van der Waals surface area contributed by atoms with Crippen LogP contribution in [0.4, 0.5) is 13.2 Å². The number of amides is 1. The van der Waals surface area contributed by atoms with Crippen molar-refractivity contribution in [3.8, 4) is 11.6 Å². The number of hydrogen-bond donors (Lipinski definition) is 3. The van der Waals surface area contributed by atoms with Crippen LogP contribution in [0.3, 0.4) is 0 Å². The number of benzene rings is 2. The van der Waals surface area contributed by atoms with Gasteiger partial charge in [0.05, 0.1) is 22.4 Å². The molecule has 0 spiro atoms. The Morgan fingerprint density at radius 3 is 2.29 bits per heavy atom. The molecule has 1 aromatic heterocycles. The van der Waals surface area contributed by atoms with Gasteiger partial charge in [0.15, 0.2) is 0 Å². The lowest BCUT2D eigenvalue weighted by Crippen LogP contribution is -2.29. The summed E-state index contributed by atoms with van der Waals surface area (Å²) in [7, 11) is 0. The Hall–Kier alpha value is -3.33.